The van der Waals surface area contributed by atoms with E-state index in [1.165, 1.54) is 17.8 Å². The van der Waals surface area contributed by atoms with E-state index in [0.717, 1.165) is 11.1 Å². The molecule has 3 aromatic rings. The van der Waals surface area contributed by atoms with Gasteiger partial charge in [0.15, 0.2) is 5.16 Å². The van der Waals surface area contributed by atoms with Gasteiger partial charge in [0.05, 0.1) is 6.42 Å². The third-order valence-electron chi connectivity index (χ3n) is 5.00. The lowest BCUT2D eigenvalue weighted by Gasteiger charge is -2.22. The van der Waals surface area contributed by atoms with E-state index in [4.69, 9.17) is 11.6 Å². The van der Waals surface area contributed by atoms with E-state index in [-0.39, 0.29) is 12.3 Å². The van der Waals surface area contributed by atoms with Gasteiger partial charge < -0.3 is 20.2 Å². The second kappa shape index (κ2) is 12.4. The number of halogens is 1. The van der Waals surface area contributed by atoms with Crippen LogP contribution in [0.5, 0.6) is 0 Å². The number of anilines is 3. The summed E-state index contributed by atoms with van der Waals surface area (Å²) in [6.45, 7) is 0. The summed E-state index contributed by atoms with van der Waals surface area (Å²) < 4.78 is 0. The molecular weight excluding hydrogens is 498 g/mol. The van der Waals surface area contributed by atoms with Crippen molar-refractivity contribution in [3.05, 3.63) is 76.3 Å². The fourth-order valence-corrected chi connectivity index (χ4v) is 4.23. The van der Waals surface area contributed by atoms with E-state index in [9.17, 15) is 14.7 Å². The fourth-order valence-electron chi connectivity index (χ4n) is 3.32. The summed E-state index contributed by atoms with van der Waals surface area (Å²) in [6, 6.07) is 14.8. The Labute approximate surface area is 220 Å². The fraction of sp³-hybridized carbons (Fsp3) is 0.231. The Bertz CT molecular complexity index is 1220. The lowest BCUT2D eigenvalue weighted by Crippen LogP contribution is -2.21. The quantitative estimate of drug-likeness (QED) is 0.220. The Morgan fingerprint density at radius 3 is 2.08 bits per heavy atom. The van der Waals surface area contributed by atoms with Crippen LogP contribution in [0.2, 0.25) is 5.02 Å². The number of carboxylic acids is 1. The highest BCUT2D eigenvalue weighted by Crippen LogP contribution is 2.30. The summed E-state index contributed by atoms with van der Waals surface area (Å²) in [5.74, 6) is 0.627. The predicted octanol–water partition coefficient (Wildman–Crippen LogP) is 4.83. The molecule has 0 saturated heterocycles. The number of aromatic nitrogens is 2. The molecule has 0 spiro atoms. The number of nitrogens with one attached hydrogen (secondary N) is 1. The van der Waals surface area contributed by atoms with Gasteiger partial charge in [-0.2, -0.15) is 0 Å². The van der Waals surface area contributed by atoms with Crippen LogP contribution in [-0.4, -0.2) is 55.1 Å². The molecule has 8 nitrogen and oxygen atoms in total. The Morgan fingerprint density at radius 2 is 1.56 bits per heavy atom. The molecule has 36 heavy (non-hydrogen) atoms. The van der Waals surface area contributed by atoms with Crippen molar-refractivity contribution >= 4 is 58.6 Å². The first kappa shape index (κ1) is 27.0. The number of amides is 1. The summed E-state index contributed by atoms with van der Waals surface area (Å²) in [5, 5.41) is 13.4. The predicted molar refractivity (Wildman–Crippen MR) is 147 cm³/mol. The van der Waals surface area contributed by atoms with Gasteiger partial charge in [0.2, 0.25) is 5.91 Å². The van der Waals surface area contributed by atoms with E-state index in [0.29, 0.717) is 38.8 Å². The molecule has 0 aliphatic carbocycles. The number of carbonyl (C=O) groups excluding carboxylic acids is 1. The maximum Gasteiger partial charge on any atom is 0.308 e. The highest BCUT2D eigenvalue weighted by atomic mass is 35.5. The molecule has 2 N–H and O–H groups in total. The zero-order valence-electron chi connectivity index (χ0n) is 20.5. The van der Waals surface area contributed by atoms with Gasteiger partial charge in [0.1, 0.15) is 11.6 Å². The molecule has 10 heteroatoms. The average Bonchev–Trinajstić information content (AvgIpc) is 2.83. The monoisotopic (exact) mass is 525 g/mol. The lowest BCUT2D eigenvalue weighted by molar-refractivity contribution is -0.136. The van der Waals surface area contributed by atoms with Crippen molar-refractivity contribution in [2.75, 3.05) is 43.3 Å². The molecule has 3 rings (SSSR count). The van der Waals surface area contributed by atoms with Crippen LogP contribution >= 0.6 is 23.4 Å². The SMILES string of the molecule is CN(C)c1nc(SCc2ccc(NC(=O)/C=C/c3ccc(Cl)cc3)cc2)nc(N(C)C)c1CC(=O)O. The highest BCUT2D eigenvalue weighted by Gasteiger charge is 2.20. The van der Waals surface area contributed by atoms with Gasteiger partial charge in [0.25, 0.3) is 0 Å². The molecule has 0 aliphatic rings. The standard InChI is InChI=1S/C26H28ClN5O3S/c1-31(2)24-21(15-23(34)35)25(32(3)4)30-26(29-24)36-16-18-7-12-20(13-8-18)28-22(33)14-9-17-5-10-19(27)11-6-17/h5-14H,15-16H2,1-4H3,(H,28,33)(H,34,35)/b14-9+. The molecule has 0 radical (unpaired) electrons. The number of nitrogens with zero attached hydrogens (tertiary/aromatic N) is 4. The molecule has 0 atom stereocenters. The van der Waals surface area contributed by atoms with Crippen LogP contribution in [-0.2, 0) is 21.8 Å². The van der Waals surface area contributed by atoms with Crippen LogP contribution in [0.15, 0.2) is 59.8 Å². The minimum Gasteiger partial charge on any atom is -0.481 e. The number of rotatable bonds is 10. The largest absolute Gasteiger partial charge is 0.481 e. The van der Waals surface area contributed by atoms with Crippen LogP contribution in [0.1, 0.15) is 16.7 Å². The van der Waals surface area contributed by atoms with Crippen molar-refractivity contribution < 1.29 is 14.7 Å². The van der Waals surface area contributed by atoms with Gasteiger partial charge in [0, 0.05) is 56.3 Å². The molecule has 0 aliphatic heterocycles. The number of hydrogen-bond donors (Lipinski definition) is 2. The Morgan fingerprint density at radius 1 is 0.972 bits per heavy atom. The molecule has 0 bridgehead atoms. The van der Waals surface area contributed by atoms with Crippen molar-refractivity contribution in [3.63, 3.8) is 0 Å². The zero-order chi connectivity index (χ0) is 26.2. The maximum atomic E-state index is 12.2. The van der Waals surface area contributed by atoms with Gasteiger partial charge in [-0.25, -0.2) is 9.97 Å². The summed E-state index contributed by atoms with van der Waals surface area (Å²) >= 11 is 7.34. The Kier molecular flexibility index (Phi) is 9.32. The molecule has 1 heterocycles. The highest BCUT2D eigenvalue weighted by molar-refractivity contribution is 7.98. The van der Waals surface area contributed by atoms with E-state index < -0.39 is 5.97 Å². The Balaban J connectivity index is 1.65. The minimum absolute atomic E-state index is 0.159. The summed E-state index contributed by atoms with van der Waals surface area (Å²) in [7, 11) is 7.33. The van der Waals surface area contributed by atoms with E-state index in [1.54, 1.807) is 28.0 Å². The second-order valence-corrected chi connectivity index (χ2v) is 9.73. The number of carboxylic acid groups (broad SMARTS) is 1. The molecule has 0 saturated carbocycles. The summed E-state index contributed by atoms with van der Waals surface area (Å²) in [5.41, 5.74) is 3.18. The average molecular weight is 526 g/mol. The van der Waals surface area contributed by atoms with Crippen molar-refractivity contribution in [2.24, 2.45) is 0 Å². The number of carbonyl (C=O) groups is 2. The van der Waals surface area contributed by atoms with Gasteiger partial charge in [-0.15, -0.1) is 0 Å². The molecule has 1 amide bonds. The minimum atomic E-state index is -0.933. The van der Waals surface area contributed by atoms with Crippen molar-refractivity contribution in [1.29, 1.82) is 0 Å². The number of hydrogen-bond acceptors (Lipinski definition) is 7. The summed E-state index contributed by atoms with van der Waals surface area (Å²) in [4.78, 5) is 36.4. The maximum absolute atomic E-state index is 12.2. The number of thioether (sulfide) groups is 1. The van der Waals surface area contributed by atoms with E-state index in [2.05, 4.69) is 15.3 Å². The first-order valence-corrected chi connectivity index (χ1v) is 12.4. The van der Waals surface area contributed by atoms with Gasteiger partial charge in [-0.05, 0) is 41.5 Å². The second-order valence-electron chi connectivity index (χ2n) is 8.35. The molecule has 0 fully saturated rings. The number of aliphatic carboxylic acids is 1. The van der Waals surface area contributed by atoms with Gasteiger partial charge in [-0.3, -0.25) is 9.59 Å². The first-order chi connectivity index (χ1) is 17.1. The molecule has 2 aromatic carbocycles. The van der Waals surface area contributed by atoms with Crippen molar-refractivity contribution in [1.82, 2.24) is 9.97 Å². The Hall–Kier alpha value is -3.56. The first-order valence-electron chi connectivity index (χ1n) is 11.1. The van der Waals surface area contributed by atoms with Crippen LogP contribution in [0, 0.1) is 0 Å². The summed E-state index contributed by atoms with van der Waals surface area (Å²) in [6.07, 6.45) is 3.04. The normalized spacial score (nSPS) is 10.9. The van der Waals surface area contributed by atoms with Crippen LogP contribution in [0.3, 0.4) is 0 Å². The van der Waals surface area contributed by atoms with Crippen LogP contribution < -0.4 is 15.1 Å². The van der Waals surface area contributed by atoms with Crippen LogP contribution in [0.25, 0.3) is 6.08 Å². The van der Waals surface area contributed by atoms with Gasteiger partial charge in [-0.1, -0.05) is 47.6 Å². The molecule has 1 aromatic heterocycles. The smallest absolute Gasteiger partial charge is 0.308 e. The third kappa shape index (κ3) is 7.73. The van der Waals surface area contributed by atoms with Crippen molar-refractivity contribution in [2.45, 2.75) is 17.3 Å². The molecule has 188 valence electrons. The van der Waals surface area contributed by atoms with E-state index in [1.807, 2.05) is 64.6 Å². The topological polar surface area (TPSA) is 98.7 Å². The van der Waals surface area contributed by atoms with Gasteiger partial charge >= 0.3 is 5.97 Å². The van der Waals surface area contributed by atoms with Crippen LogP contribution in [0.4, 0.5) is 17.3 Å². The molecular formula is C26H28ClN5O3S. The van der Waals surface area contributed by atoms with E-state index >= 15 is 0 Å². The molecule has 0 unspecified atom stereocenters. The lowest BCUT2D eigenvalue weighted by atomic mass is 10.2. The number of benzene rings is 2. The zero-order valence-corrected chi connectivity index (χ0v) is 22.1. The third-order valence-corrected chi connectivity index (χ3v) is 6.18. The van der Waals surface area contributed by atoms with Crippen molar-refractivity contribution in [3.8, 4) is 0 Å².